The fourth-order valence-corrected chi connectivity index (χ4v) is 3.17. The Balaban J connectivity index is 2.63. The average molecular weight is 391 g/mol. The highest BCUT2D eigenvalue weighted by Crippen LogP contribution is 2.27. The van der Waals surface area contributed by atoms with Crippen LogP contribution in [0.2, 0.25) is 0 Å². The molecule has 0 spiro atoms. The first-order valence-corrected chi connectivity index (χ1v) is 10.3. The molecule has 0 aromatic heterocycles. The van der Waals surface area contributed by atoms with Crippen molar-refractivity contribution in [2.45, 2.75) is 84.2 Å². The van der Waals surface area contributed by atoms with E-state index in [2.05, 4.69) is 11.7 Å². The second kappa shape index (κ2) is 13.9. The number of carbonyl (C=O) groups is 3. The van der Waals surface area contributed by atoms with Gasteiger partial charge < -0.3 is 9.47 Å². The first-order chi connectivity index (χ1) is 13.5. The van der Waals surface area contributed by atoms with Gasteiger partial charge in [0.1, 0.15) is 6.10 Å². The van der Waals surface area contributed by atoms with Gasteiger partial charge in [-0.15, -0.1) is 0 Å². The van der Waals surface area contributed by atoms with Crippen LogP contribution in [0.5, 0.6) is 0 Å². The summed E-state index contributed by atoms with van der Waals surface area (Å²) in [6, 6.07) is 0. The molecule has 156 valence electrons. The van der Waals surface area contributed by atoms with Crippen molar-refractivity contribution in [3.8, 4) is 0 Å². The van der Waals surface area contributed by atoms with Crippen molar-refractivity contribution < 1.29 is 23.9 Å². The predicted octanol–water partition coefficient (Wildman–Crippen LogP) is 5.00. The lowest BCUT2D eigenvalue weighted by atomic mass is 10.0. The topological polar surface area (TPSA) is 69.7 Å². The van der Waals surface area contributed by atoms with Crippen LogP contribution < -0.4 is 0 Å². The number of allylic oxidation sites excluding steroid dienone is 5. The third kappa shape index (κ3) is 9.67. The van der Waals surface area contributed by atoms with Crippen molar-refractivity contribution in [2.24, 2.45) is 0 Å². The molecule has 5 nitrogen and oxygen atoms in total. The van der Waals surface area contributed by atoms with E-state index in [-0.39, 0.29) is 23.8 Å². The summed E-state index contributed by atoms with van der Waals surface area (Å²) < 4.78 is 10.0. The summed E-state index contributed by atoms with van der Waals surface area (Å²) in [7, 11) is 1.39. The summed E-state index contributed by atoms with van der Waals surface area (Å²) >= 11 is 0. The number of unbranched alkanes of at least 4 members (excludes halogenated alkanes) is 3. The van der Waals surface area contributed by atoms with Crippen LogP contribution in [0.15, 0.2) is 35.5 Å². The van der Waals surface area contributed by atoms with Gasteiger partial charge in [0, 0.05) is 25.3 Å². The number of hydrogen-bond acceptors (Lipinski definition) is 5. The minimum absolute atomic E-state index is 0.189. The van der Waals surface area contributed by atoms with Crippen LogP contribution in [0, 0.1) is 0 Å². The quantitative estimate of drug-likeness (QED) is 0.251. The van der Waals surface area contributed by atoms with Crippen molar-refractivity contribution in [1.29, 1.82) is 0 Å². The molecule has 0 radical (unpaired) electrons. The summed E-state index contributed by atoms with van der Waals surface area (Å²) in [5, 5.41) is 0. The number of rotatable bonds is 13. The van der Waals surface area contributed by atoms with E-state index in [4.69, 9.17) is 4.74 Å². The zero-order valence-electron chi connectivity index (χ0n) is 17.5. The number of ketones is 1. The van der Waals surface area contributed by atoms with Crippen molar-refractivity contribution in [3.63, 3.8) is 0 Å². The van der Waals surface area contributed by atoms with Crippen LogP contribution in [-0.2, 0) is 23.9 Å². The number of Topliss-reactive ketones (excluding diaryl/α,β-unsaturated/α-hetero) is 1. The minimum Gasteiger partial charge on any atom is -0.469 e. The molecular weight excluding hydrogens is 356 g/mol. The Kier molecular flexibility index (Phi) is 11.9. The maximum Gasteiger partial charge on any atom is 0.305 e. The Hall–Kier alpha value is -2.17. The molecule has 0 N–H and O–H groups in total. The van der Waals surface area contributed by atoms with Gasteiger partial charge in [0.2, 0.25) is 0 Å². The first-order valence-electron chi connectivity index (χ1n) is 10.3. The van der Waals surface area contributed by atoms with E-state index in [1.54, 1.807) is 0 Å². The molecule has 5 heteroatoms. The number of hydrogen-bond donors (Lipinski definition) is 0. The summed E-state index contributed by atoms with van der Waals surface area (Å²) in [4.78, 5) is 34.6. The normalized spacial score (nSPS) is 15.6. The Bertz CT molecular complexity index is 612. The maximum atomic E-state index is 12.2. The number of ether oxygens (including phenoxy) is 2. The highest BCUT2D eigenvalue weighted by atomic mass is 16.5. The third-order valence-corrected chi connectivity index (χ3v) is 4.74. The van der Waals surface area contributed by atoms with E-state index in [0.29, 0.717) is 19.3 Å². The number of esters is 2. The van der Waals surface area contributed by atoms with Crippen molar-refractivity contribution in [2.75, 3.05) is 7.11 Å². The van der Waals surface area contributed by atoms with Crippen LogP contribution in [0.1, 0.15) is 78.1 Å². The molecule has 28 heavy (non-hydrogen) atoms. The fourth-order valence-electron chi connectivity index (χ4n) is 3.17. The average Bonchev–Trinajstić information content (AvgIpc) is 3.01. The van der Waals surface area contributed by atoms with Gasteiger partial charge in [-0.1, -0.05) is 38.0 Å². The lowest BCUT2D eigenvalue weighted by Gasteiger charge is -2.13. The highest BCUT2D eigenvalue weighted by Gasteiger charge is 2.20. The van der Waals surface area contributed by atoms with Crippen molar-refractivity contribution >= 4 is 17.7 Å². The van der Waals surface area contributed by atoms with Crippen LogP contribution in [0.3, 0.4) is 0 Å². The fraction of sp³-hybridized carbons (Fsp3) is 0.609. The molecule has 0 amide bonds. The molecule has 0 saturated heterocycles. The zero-order valence-corrected chi connectivity index (χ0v) is 17.5. The van der Waals surface area contributed by atoms with Gasteiger partial charge in [0.25, 0.3) is 0 Å². The Labute approximate surface area is 168 Å². The van der Waals surface area contributed by atoms with Crippen LogP contribution in [0.4, 0.5) is 0 Å². The smallest absolute Gasteiger partial charge is 0.305 e. The van der Waals surface area contributed by atoms with E-state index in [1.807, 2.05) is 24.3 Å². The molecule has 0 bridgehead atoms. The Morgan fingerprint density at radius 3 is 2.61 bits per heavy atom. The molecule has 0 heterocycles. The van der Waals surface area contributed by atoms with E-state index in [9.17, 15) is 14.4 Å². The number of carbonyl (C=O) groups excluding carboxylic acids is 3. The van der Waals surface area contributed by atoms with Gasteiger partial charge in [-0.3, -0.25) is 14.4 Å². The van der Waals surface area contributed by atoms with Gasteiger partial charge >= 0.3 is 11.9 Å². The van der Waals surface area contributed by atoms with Gasteiger partial charge in [-0.2, -0.15) is 0 Å². The Morgan fingerprint density at radius 2 is 1.93 bits per heavy atom. The number of methoxy groups -OCH3 is 1. The van der Waals surface area contributed by atoms with E-state index in [1.165, 1.54) is 14.0 Å². The van der Waals surface area contributed by atoms with E-state index < -0.39 is 0 Å². The Morgan fingerprint density at radius 1 is 1.14 bits per heavy atom. The van der Waals surface area contributed by atoms with Crippen LogP contribution in [-0.4, -0.2) is 30.9 Å². The zero-order chi connectivity index (χ0) is 20.8. The molecule has 0 aromatic rings. The largest absolute Gasteiger partial charge is 0.469 e. The van der Waals surface area contributed by atoms with E-state index >= 15 is 0 Å². The molecule has 0 aromatic carbocycles. The van der Waals surface area contributed by atoms with Gasteiger partial charge in [0.05, 0.1) is 7.11 Å². The molecule has 1 aliphatic rings. The minimum atomic E-state index is -0.280. The molecular formula is C23H34O5. The first kappa shape index (κ1) is 23.9. The van der Waals surface area contributed by atoms with Crippen molar-refractivity contribution in [3.05, 3.63) is 35.5 Å². The summed E-state index contributed by atoms with van der Waals surface area (Å²) in [5.74, 6) is -0.289. The second-order valence-corrected chi connectivity index (χ2v) is 7.07. The molecule has 1 aliphatic carbocycles. The third-order valence-electron chi connectivity index (χ3n) is 4.74. The van der Waals surface area contributed by atoms with Crippen molar-refractivity contribution in [1.82, 2.24) is 0 Å². The molecule has 1 atom stereocenters. The lowest BCUT2D eigenvalue weighted by molar-refractivity contribution is -0.144. The molecule has 1 rings (SSSR count). The summed E-state index contributed by atoms with van der Waals surface area (Å²) in [5.41, 5.74) is 1.88. The summed E-state index contributed by atoms with van der Waals surface area (Å²) in [6.45, 7) is 3.57. The van der Waals surface area contributed by atoms with Gasteiger partial charge in [0.15, 0.2) is 5.78 Å². The van der Waals surface area contributed by atoms with Crippen LogP contribution >= 0.6 is 0 Å². The van der Waals surface area contributed by atoms with Gasteiger partial charge in [-0.25, -0.2) is 0 Å². The summed E-state index contributed by atoms with van der Waals surface area (Å²) in [6.07, 6.45) is 15.5. The molecule has 0 fully saturated rings. The standard InChI is InChI=1S/C23H34O5/c1-4-5-8-11-20(28-18(2)24)16-14-19-15-17-22(25)21(19)12-9-6-7-10-13-23(26)27-3/h6,9,14,16,20H,4-5,7-8,10-13,15,17H2,1-3H3/b9-6-,16-14+/t20-/m0/s1. The van der Waals surface area contributed by atoms with E-state index in [0.717, 1.165) is 56.1 Å². The van der Waals surface area contributed by atoms with Gasteiger partial charge in [-0.05, 0) is 50.2 Å². The second-order valence-electron chi connectivity index (χ2n) is 7.07. The van der Waals surface area contributed by atoms with Crippen LogP contribution in [0.25, 0.3) is 0 Å². The molecule has 0 aliphatic heterocycles. The molecule has 0 unspecified atom stereocenters. The predicted molar refractivity (Wildman–Crippen MR) is 110 cm³/mol. The SMILES string of the molecule is CCCCC[C@@H](/C=C/C1=C(C/C=C\CCCC(=O)OC)C(=O)CC1)OC(C)=O. The maximum absolute atomic E-state index is 12.2. The highest BCUT2D eigenvalue weighted by molar-refractivity contribution is 5.99. The lowest BCUT2D eigenvalue weighted by Crippen LogP contribution is -2.13. The monoisotopic (exact) mass is 390 g/mol. The molecule has 0 saturated carbocycles.